The second-order valence-corrected chi connectivity index (χ2v) is 3.58. The number of hydrogen-bond acceptors (Lipinski definition) is 5. The number of carbonyl (C=O) groups excluding carboxylic acids is 1. The van der Waals surface area contributed by atoms with Gasteiger partial charge in [0.15, 0.2) is 5.82 Å². The van der Waals surface area contributed by atoms with Gasteiger partial charge < -0.3 is 21.1 Å². The molecule has 0 saturated heterocycles. The number of rotatable bonds is 5. The molecule has 5 N–H and O–H groups in total. The maximum absolute atomic E-state index is 13.0. The molecule has 0 saturated carbocycles. The lowest BCUT2D eigenvalue weighted by atomic mass is 10.0. The van der Waals surface area contributed by atoms with Crippen LogP contribution in [-0.4, -0.2) is 38.3 Å². The van der Waals surface area contributed by atoms with E-state index in [1.165, 1.54) is 0 Å². The van der Waals surface area contributed by atoms with Crippen molar-refractivity contribution in [3.8, 4) is 0 Å². The summed E-state index contributed by atoms with van der Waals surface area (Å²) in [7, 11) is 0. The number of amides is 1. The van der Waals surface area contributed by atoms with E-state index in [1.807, 2.05) is 0 Å². The van der Waals surface area contributed by atoms with E-state index >= 15 is 0 Å². The Morgan fingerprint density at radius 1 is 1.44 bits per heavy atom. The van der Waals surface area contributed by atoms with E-state index < -0.39 is 41.9 Å². The molecule has 0 aliphatic rings. The van der Waals surface area contributed by atoms with Crippen LogP contribution >= 0.6 is 0 Å². The first-order chi connectivity index (χ1) is 8.32. The van der Waals surface area contributed by atoms with E-state index in [0.717, 1.165) is 6.07 Å². The molecule has 8 heteroatoms. The summed E-state index contributed by atoms with van der Waals surface area (Å²) in [5, 5.41) is 27.7. The molecule has 2 atom stereocenters. The zero-order chi connectivity index (χ0) is 13.9. The van der Waals surface area contributed by atoms with Crippen molar-refractivity contribution >= 4 is 11.9 Å². The average Bonchev–Trinajstić information content (AvgIpc) is 2.27. The van der Waals surface area contributed by atoms with Crippen LogP contribution < -0.4 is 5.73 Å². The van der Waals surface area contributed by atoms with Crippen LogP contribution in [0.3, 0.4) is 0 Å². The van der Waals surface area contributed by atoms with Crippen molar-refractivity contribution in [2.45, 2.75) is 18.6 Å². The molecule has 98 valence electrons. The molecule has 0 fully saturated rings. The van der Waals surface area contributed by atoms with Crippen molar-refractivity contribution in [3.05, 3.63) is 29.3 Å². The van der Waals surface area contributed by atoms with Gasteiger partial charge in [0, 0.05) is 0 Å². The third-order valence-electron chi connectivity index (χ3n) is 2.18. The third kappa shape index (κ3) is 3.22. The summed E-state index contributed by atoms with van der Waals surface area (Å²) in [5.41, 5.74) is 3.88. The lowest BCUT2D eigenvalue weighted by Gasteiger charge is -2.16. The van der Waals surface area contributed by atoms with Crippen LogP contribution in [0.15, 0.2) is 12.3 Å². The second kappa shape index (κ2) is 5.52. The Bertz CT molecular complexity index is 479. The fourth-order valence-corrected chi connectivity index (χ4v) is 1.30. The predicted octanol–water partition coefficient (Wildman–Crippen LogP) is -0.811. The molecule has 1 heterocycles. The summed E-state index contributed by atoms with van der Waals surface area (Å²) in [6.45, 7) is 0. The molecule has 1 rings (SSSR count). The highest BCUT2D eigenvalue weighted by molar-refractivity contribution is 5.87. The molecular formula is C10H11FN2O5. The maximum atomic E-state index is 13.0. The van der Waals surface area contributed by atoms with Gasteiger partial charge in [-0.25, -0.2) is 9.18 Å². The zero-order valence-electron chi connectivity index (χ0n) is 9.08. The van der Waals surface area contributed by atoms with Gasteiger partial charge >= 0.3 is 5.97 Å². The molecule has 1 aromatic rings. The minimum Gasteiger partial charge on any atom is -0.478 e. The maximum Gasteiger partial charge on any atom is 0.338 e. The van der Waals surface area contributed by atoms with Gasteiger partial charge in [-0.05, 0) is 6.07 Å². The summed E-state index contributed by atoms with van der Waals surface area (Å²) in [6, 6.07) is 0.784. The van der Waals surface area contributed by atoms with Gasteiger partial charge in [0.05, 0.1) is 30.0 Å². The van der Waals surface area contributed by atoms with E-state index in [0.29, 0.717) is 6.20 Å². The molecular weight excluding hydrogens is 247 g/mol. The minimum atomic E-state index is -1.63. The minimum absolute atomic E-state index is 0.262. The van der Waals surface area contributed by atoms with Gasteiger partial charge in [0.1, 0.15) is 6.10 Å². The SMILES string of the molecule is NC(=O)CC(O)C(O)c1cc(C(=O)O)c(F)cn1. The van der Waals surface area contributed by atoms with Crippen molar-refractivity contribution in [2.75, 3.05) is 0 Å². The van der Waals surface area contributed by atoms with Gasteiger partial charge in [-0.3, -0.25) is 9.78 Å². The largest absolute Gasteiger partial charge is 0.478 e. The molecule has 0 bridgehead atoms. The van der Waals surface area contributed by atoms with Crippen molar-refractivity contribution in [2.24, 2.45) is 5.73 Å². The molecule has 18 heavy (non-hydrogen) atoms. The molecule has 1 aromatic heterocycles. The summed E-state index contributed by atoms with van der Waals surface area (Å²) in [5.74, 6) is -3.45. The molecule has 0 aromatic carbocycles. The zero-order valence-corrected chi connectivity index (χ0v) is 9.08. The van der Waals surface area contributed by atoms with Crippen LogP contribution in [0.25, 0.3) is 0 Å². The number of hydrogen-bond donors (Lipinski definition) is 4. The standard InChI is InChI=1S/C10H11FN2O5/c11-5-3-13-6(1-4(5)10(17)18)9(16)7(14)2-8(12)15/h1,3,7,9,14,16H,2H2,(H2,12,15)(H,17,18). The van der Waals surface area contributed by atoms with E-state index in [-0.39, 0.29) is 5.69 Å². The number of primary amides is 1. The van der Waals surface area contributed by atoms with Crippen LogP contribution in [0.2, 0.25) is 0 Å². The van der Waals surface area contributed by atoms with Gasteiger partial charge in [0.2, 0.25) is 5.91 Å². The average molecular weight is 258 g/mol. The van der Waals surface area contributed by atoms with Gasteiger partial charge in [-0.1, -0.05) is 0 Å². The molecule has 1 amide bonds. The third-order valence-corrected chi connectivity index (χ3v) is 2.18. The number of aromatic nitrogens is 1. The number of nitrogens with two attached hydrogens (primary N) is 1. The highest BCUT2D eigenvalue weighted by Gasteiger charge is 2.23. The topological polar surface area (TPSA) is 134 Å². The van der Waals surface area contributed by atoms with Crippen LogP contribution in [0.1, 0.15) is 28.6 Å². The smallest absolute Gasteiger partial charge is 0.338 e. The van der Waals surface area contributed by atoms with Crippen LogP contribution in [0, 0.1) is 5.82 Å². The van der Waals surface area contributed by atoms with Crippen molar-refractivity contribution in [3.63, 3.8) is 0 Å². The van der Waals surface area contributed by atoms with Crippen LogP contribution in [0.4, 0.5) is 4.39 Å². The van der Waals surface area contributed by atoms with E-state index in [2.05, 4.69) is 4.98 Å². The first-order valence-corrected chi connectivity index (χ1v) is 4.86. The summed E-state index contributed by atoms with van der Waals surface area (Å²) < 4.78 is 13.0. The highest BCUT2D eigenvalue weighted by atomic mass is 19.1. The number of aromatic carboxylic acids is 1. The Labute approximate surface area is 101 Å². The Hall–Kier alpha value is -2.06. The molecule has 2 unspecified atom stereocenters. The number of carboxylic acids is 1. The Kier molecular flexibility index (Phi) is 4.29. The molecule has 0 radical (unpaired) electrons. The number of carboxylic acid groups (broad SMARTS) is 1. The number of halogens is 1. The molecule has 0 spiro atoms. The fraction of sp³-hybridized carbons (Fsp3) is 0.300. The second-order valence-electron chi connectivity index (χ2n) is 3.58. The molecule has 0 aliphatic carbocycles. The summed E-state index contributed by atoms with van der Waals surface area (Å²) in [4.78, 5) is 24.7. The first kappa shape index (κ1) is 14.0. The lowest BCUT2D eigenvalue weighted by molar-refractivity contribution is -0.121. The number of aliphatic hydroxyl groups is 2. The normalized spacial score (nSPS) is 13.9. The van der Waals surface area contributed by atoms with Crippen molar-refractivity contribution in [1.82, 2.24) is 4.98 Å². The summed E-state index contributed by atoms with van der Waals surface area (Å²) >= 11 is 0. The Morgan fingerprint density at radius 3 is 2.56 bits per heavy atom. The molecule has 0 aliphatic heterocycles. The highest BCUT2D eigenvalue weighted by Crippen LogP contribution is 2.19. The molecule has 7 nitrogen and oxygen atoms in total. The van der Waals surface area contributed by atoms with Crippen molar-refractivity contribution in [1.29, 1.82) is 0 Å². The predicted molar refractivity (Wildman–Crippen MR) is 55.9 cm³/mol. The van der Waals surface area contributed by atoms with E-state index in [1.54, 1.807) is 0 Å². The number of aliphatic hydroxyl groups excluding tert-OH is 2. The van der Waals surface area contributed by atoms with Crippen LogP contribution in [0.5, 0.6) is 0 Å². The summed E-state index contributed by atoms with van der Waals surface area (Å²) in [6.07, 6.45) is -3.08. The lowest BCUT2D eigenvalue weighted by Crippen LogP contribution is -2.26. The fourth-order valence-electron chi connectivity index (χ4n) is 1.30. The van der Waals surface area contributed by atoms with Gasteiger partial charge in [-0.15, -0.1) is 0 Å². The Morgan fingerprint density at radius 2 is 2.06 bits per heavy atom. The number of pyridine rings is 1. The van der Waals surface area contributed by atoms with Crippen molar-refractivity contribution < 1.29 is 29.3 Å². The van der Waals surface area contributed by atoms with E-state index in [9.17, 15) is 24.2 Å². The monoisotopic (exact) mass is 258 g/mol. The Balaban J connectivity index is 2.99. The van der Waals surface area contributed by atoms with Crippen LogP contribution in [-0.2, 0) is 4.79 Å². The quantitative estimate of drug-likeness (QED) is 0.545. The number of carbonyl (C=O) groups is 2. The first-order valence-electron chi connectivity index (χ1n) is 4.86. The van der Waals surface area contributed by atoms with Gasteiger partial charge in [0.25, 0.3) is 0 Å². The van der Waals surface area contributed by atoms with E-state index in [4.69, 9.17) is 10.8 Å². The number of nitrogens with zero attached hydrogens (tertiary/aromatic N) is 1. The van der Waals surface area contributed by atoms with Gasteiger partial charge in [-0.2, -0.15) is 0 Å².